The zero-order chi connectivity index (χ0) is 17.9. The third-order valence-electron chi connectivity index (χ3n) is 5.13. The van der Waals surface area contributed by atoms with Crippen LogP contribution in [0.3, 0.4) is 0 Å². The Hall–Kier alpha value is -2.12. The zero-order valence-electron chi connectivity index (χ0n) is 15.5. The number of fused-ring (bicyclic) bond motifs is 1. The molecule has 26 heavy (non-hydrogen) atoms. The molecule has 7 nitrogen and oxygen atoms in total. The molecular formula is C19H26N4O3. The summed E-state index contributed by atoms with van der Waals surface area (Å²) < 4.78 is 18.2. The molecular weight excluding hydrogens is 332 g/mol. The number of ether oxygens (including phenoxy) is 3. The molecule has 2 aromatic rings. The Morgan fingerprint density at radius 2 is 2.08 bits per heavy atom. The highest BCUT2D eigenvalue weighted by atomic mass is 16.7. The molecule has 0 aliphatic carbocycles. The maximum absolute atomic E-state index is 5.54. The van der Waals surface area contributed by atoms with Crippen LogP contribution in [0.25, 0.3) is 5.69 Å². The average Bonchev–Trinajstić information content (AvgIpc) is 3.23. The van der Waals surface area contributed by atoms with Gasteiger partial charge in [-0.3, -0.25) is 4.90 Å². The Balaban J connectivity index is 1.73. The molecule has 2 aliphatic heterocycles. The lowest BCUT2D eigenvalue weighted by molar-refractivity contribution is 0.174. The first-order valence-corrected chi connectivity index (χ1v) is 9.31. The topological polar surface area (TPSA) is 61.6 Å². The van der Waals surface area contributed by atoms with Crippen molar-refractivity contribution in [1.82, 2.24) is 19.7 Å². The fourth-order valence-electron chi connectivity index (χ4n) is 3.67. The first kappa shape index (κ1) is 17.3. The number of likely N-dealkylation sites (tertiary alicyclic amines) is 1. The highest BCUT2D eigenvalue weighted by Gasteiger charge is 2.27. The molecule has 0 amide bonds. The SMILES string of the molecule is COCCc1nc([C@H]2CCCCCN2C)n(-c2ccc3c(c2)OCO3)n1. The van der Waals surface area contributed by atoms with Gasteiger partial charge in [0.2, 0.25) is 6.79 Å². The second-order valence-corrected chi connectivity index (χ2v) is 6.92. The van der Waals surface area contributed by atoms with Crippen molar-refractivity contribution in [2.24, 2.45) is 0 Å². The first-order valence-electron chi connectivity index (χ1n) is 9.31. The van der Waals surface area contributed by atoms with Crippen LogP contribution >= 0.6 is 0 Å². The van der Waals surface area contributed by atoms with Gasteiger partial charge in [-0.2, -0.15) is 5.10 Å². The molecule has 1 aromatic heterocycles. The average molecular weight is 358 g/mol. The molecule has 1 atom stereocenters. The lowest BCUT2D eigenvalue weighted by atomic mass is 10.1. The fraction of sp³-hybridized carbons (Fsp3) is 0.579. The van der Waals surface area contributed by atoms with E-state index in [0.29, 0.717) is 13.0 Å². The van der Waals surface area contributed by atoms with E-state index in [9.17, 15) is 0 Å². The quantitative estimate of drug-likeness (QED) is 0.819. The van der Waals surface area contributed by atoms with Gasteiger partial charge in [0, 0.05) is 19.6 Å². The molecule has 0 radical (unpaired) electrons. The third-order valence-corrected chi connectivity index (χ3v) is 5.13. The summed E-state index contributed by atoms with van der Waals surface area (Å²) in [6, 6.07) is 6.21. The smallest absolute Gasteiger partial charge is 0.231 e. The van der Waals surface area contributed by atoms with Crippen LogP contribution < -0.4 is 9.47 Å². The highest BCUT2D eigenvalue weighted by molar-refractivity contribution is 5.50. The molecule has 0 N–H and O–H groups in total. The number of rotatable bonds is 5. The third kappa shape index (κ3) is 3.41. The summed E-state index contributed by atoms with van der Waals surface area (Å²) in [7, 11) is 3.89. The van der Waals surface area contributed by atoms with Crippen LogP contribution in [-0.4, -0.2) is 53.8 Å². The molecule has 1 saturated heterocycles. The number of methoxy groups -OCH3 is 1. The van der Waals surface area contributed by atoms with Gasteiger partial charge < -0.3 is 14.2 Å². The van der Waals surface area contributed by atoms with Gasteiger partial charge in [-0.15, -0.1) is 0 Å². The summed E-state index contributed by atoms with van der Waals surface area (Å²) in [5.41, 5.74) is 0.957. The van der Waals surface area contributed by atoms with Gasteiger partial charge in [0.25, 0.3) is 0 Å². The van der Waals surface area contributed by atoms with E-state index in [1.54, 1.807) is 7.11 Å². The van der Waals surface area contributed by atoms with Gasteiger partial charge in [0.1, 0.15) is 5.82 Å². The maximum atomic E-state index is 5.54. The van der Waals surface area contributed by atoms with E-state index in [0.717, 1.165) is 41.8 Å². The van der Waals surface area contributed by atoms with Crippen LogP contribution in [-0.2, 0) is 11.2 Å². The minimum Gasteiger partial charge on any atom is -0.454 e. The Morgan fingerprint density at radius 3 is 2.96 bits per heavy atom. The second kappa shape index (κ2) is 7.63. The standard InChI is InChI=1S/C19H26N4O3/c1-22-10-5-3-4-6-15(22)19-20-18(9-11-24-2)21-23(19)14-7-8-16-17(12-14)26-13-25-16/h7-8,12,15H,3-6,9-11,13H2,1-2H3/t15-/m1/s1. The van der Waals surface area contributed by atoms with Crippen molar-refractivity contribution in [3.63, 3.8) is 0 Å². The van der Waals surface area contributed by atoms with Crippen LogP contribution in [0.5, 0.6) is 11.5 Å². The van der Waals surface area contributed by atoms with E-state index in [4.69, 9.17) is 24.3 Å². The van der Waals surface area contributed by atoms with Crippen molar-refractivity contribution in [3.05, 3.63) is 29.8 Å². The largest absolute Gasteiger partial charge is 0.454 e. The molecule has 0 unspecified atom stereocenters. The van der Waals surface area contributed by atoms with Crippen molar-refractivity contribution in [3.8, 4) is 17.2 Å². The normalized spacial score (nSPS) is 20.3. The van der Waals surface area contributed by atoms with Gasteiger partial charge in [0.15, 0.2) is 17.3 Å². The summed E-state index contributed by atoms with van der Waals surface area (Å²) in [6.07, 6.45) is 5.54. The van der Waals surface area contributed by atoms with E-state index in [1.807, 2.05) is 22.9 Å². The van der Waals surface area contributed by atoms with Crippen molar-refractivity contribution in [1.29, 1.82) is 0 Å². The molecule has 0 bridgehead atoms. The van der Waals surface area contributed by atoms with Gasteiger partial charge in [-0.05, 0) is 38.6 Å². The van der Waals surface area contributed by atoms with Gasteiger partial charge in [0.05, 0.1) is 18.3 Å². The molecule has 7 heteroatoms. The zero-order valence-corrected chi connectivity index (χ0v) is 15.5. The van der Waals surface area contributed by atoms with Crippen molar-refractivity contribution in [2.45, 2.75) is 38.1 Å². The summed E-state index contributed by atoms with van der Waals surface area (Å²) in [4.78, 5) is 7.29. The Morgan fingerprint density at radius 1 is 1.19 bits per heavy atom. The van der Waals surface area contributed by atoms with E-state index < -0.39 is 0 Å². The van der Waals surface area contributed by atoms with Crippen molar-refractivity contribution in [2.75, 3.05) is 34.1 Å². The summed E-state index contributed by atoms with van der Waals surface area (Å²) in [6.45, 7) is 1.98. The summed E-state index contributed by atoms with van der Waals surface area (Å²) >= 11 is 0. The number of hydrogen-bond donors (Lipinski definition) is 0. The van der Waals surface area contributed by atoms with E-state index in [2.05, 4.69) is 11.9 Å². The van der Waals surface area contributed by atoms with Crippen molar-refractivity contribution >= 4 is 0 Å². The van der Waals surface area contributed by atoms with Gasteiger partial charge in [-0.25, -0.2) is 9.67 Å². The van der Waals surface area contributed by atoms with Crippen LogP contribution in [0.2, 0.25) is 0 Å². The monoisotopic (exact) mass is 358 g/mol. The highest BCUT2D eigenvalue weighted by Crippen LogP contribution is 2.35. The predicted molar refractivity (Wildman–Crippen MR) is 96.9 cm³/mol. The van der Waals surface area contributed by atoms with Crippen LogP contribution in [0.4, 0.5) is 0 Å². The Kier molecular flexibility index (Phi) is 5.08. The number of hydrogen-bond acceptors (Lipinski definition) is 6. The lowest BCUT2D eigenvalue weighted by Gasteiger charge is -2.25. The fourth-order valence-corrected chi connectivity index (χ4v) is 3.67. The predicted octanol–water partition coefficient (Wildman–Crippen LogP) is 2.73. The molecule has 0 saturated carbocycles. The van der Waals surface area contributed by atoms with Crippen LogP contribution in [0, 0.1) is 0 Å². The van der Waals surface area contributed by atoms with Crippen LogP contribution in [0.1, 0.15) is 43.4 Å². The summed E-state index contributed by atoms with van der Waals surface area (Å²) in [5, 5.41) is 4.79. The Labute approximate surface area is 153 Å². The molecule has 1 fully saturated rings. The Bertz CT molecular complexity index is 761. The van der Waals surface area contributed by atoms with E-state index in [-0.39, 0.29) is 12.8 Å². The number of nitrogens with zero attached hydrogens (tertiary/aromatic N) is 4. The maximum Gasteiger partial charge on any atom is 0.231 e. The minimum atomic E-state index is 0.270. The lowest BCUT2D eigenvalue weighted by Crippen LogP contribution is -2.26. The number of benzene rings is 1. The first-order chi connectivity index (χ1) is 12.8. The minimum absolute atomic E-state index is 0.270. The molecule has 1 aromatic carbocycles. The summed E-state index contributed by atoms with van der Waals surface area (Å²) in [5.74, 6) is 3.36. The molecule has 0 spiro atoms. The molecule has 140 valence electrons. The van der Waals surface area contributed by atoms with E-state index in [1.165, 1.54) is 19.3 Å². The molecule has 3 heterocycles. The number of aromatic nitrogens is 3. The van der Waals surface area contributed by atoms with Gasteiger partial charge >= 0.3 is 0 Å². The van der Waals surface area contributed by atoms with Gasteiger partial charge in [-0.1, -0.05) is 12.8 Å². The van der Waals surface area contributed by atoms with E-state index >= 15 is 0 Å². The molecule has 4 rings (SSSR count). The molecule has 2 aliphatic rings. The van der Waals surface area contributed by atoms with Crippen LogP contribution in [0.15, 0.2) is 18.2 Å². The van der Waals surface area contributed by atoms with Crippen molar-refractivity contribution < 1.29 is 14.2 Å². The second-order valence-electron chi connectivity index (χ2n) is 6.92.